The van der Waals surface area contributed by atoms with E-state index in [2.05, 4.69) is 15.0 Å². The first-order valence-corrected chi connectivity index (χ1v) is 10.7. The second-order valence-corrected chi connectivity index (χ2v) is 8.58. The number of aromatic nitrogens is 3. The summed E-state index contributed by atoms with van der Waals surface area (Å²) < 4.78 is 20.8. The first kappa shape index (κ1) is 19.7. The van der Waals surface area contributed by atoms with Gasteiger partial charge in [-0.25, -0.2) is 4.39 Å². The van der Waals surface area contributed by atoms with Crippen molar-refractivity contribution in [2.24, 2.45) is 11.7 Å². The van der Waals surface area contributed by atoms with Crippen molar-refractivity contribution in [3.05, 3.63) is 58.9 Å². The molecule has 1 aromatic carbocycles. The predicted molar refractivity (Wildman–Crippen MR) is 112 cm³/mol. The third-order valence-electron chi connectivity index (χ3n) is 5.65. The van der Waals surface area contributed by atoms with E-state index in [0.29, 0.717) is 52.9 Å². The van der Waals surface area contributed by atoms with Gasteiger partial charge in [0.05, 0.1) is 17.2 Å². The number of amides is 1. The average molecular weight is 441 g/mol. The molecule has 0 saturated carbocycles. The van der Waals surface area contributed by atoms with Crippen molar-refractivity contribution in [1.29, 1.82) is 0 Å². The van der Waals surface area contributed by atoms with Gasteiger partial charge < -0.3 is 15.3 Å². The number of halogens is 1. The van der Waals surface area contributed by atoms with E-state index in [1.807, 2.05) is 6.07 Å². The molecule has 1 aliphatic rings. The van der Waals surface area contributed by atoms with Crippen LogP contribution in [0.15, 0.2) is 47.1 Å². The molecule has 1 saturated heterocycles. The van der Waals surface area contributed by atoms with E-state index in [1.54, 1.807) is 18.2 Å². The molecule has 0 spiro atoms. The molecule has 0 bridgehead atoms. The highest BCUT2D eigenvalue weighted by molar-refractivity contribution is 7.17. The van der Waals surface area contributed by atoms with Crippen LogP contribution in [0.3, 0.4) is 0 Å². The molecule has 3 N–H and O–H groups in total. The Bertz CT molecular complexity index is 1230. The Morgan fingerprint density at radius 2 is 2.10 bits per heavy atom. The summed E-state index contributed by atoms with van der Waals surface area (Å²) in [7, 11) is 0. The molecule has 0 aliphatic carbocycles. The summed E-state index contributed by atoms with van der Waals surface area (Å²) in [6, 6.07) is 9.42. The normalized spacial score (nSPS) is 16.7. The number of hydrogen-bond donors (Lipinski definition) is 2. The van der Waals surface area contributed by atoms with E-state index < -0.39 is 6.04 Å². The van der Waals surface area contributed by atoms with Crippen molar-refractivity contribution >= 4 is 22.2 Å². The van der Waals surface area contributed by atoms with E-state index in [4.69, 9.17) is 10.2 Å². The highest BCUT2D eigenvalue weighted by atomic mass is 32.1. The SMILES string of the molecule is NC(=O)C1CCN(C(c2cccc(F)c2)c2sc3nc(-c4ccco4)nn3c2O)CC1. The molecule has 1 amide bonds. The molecule has 5 rings (SSSR count). The van der Waals surface area contributed by atoms with Crippen LogP contribution >= 0.6 is 11.3 Å². The fourth-order valence-electron chi connectivity index (χ4n) is 4.09. The van der Waals surface area contributed by atoms with Gasteiger partial charge in [-0.1, -0.05) is 23.5 Å². The van der Waals surface area contributed by atoms with Gasteiger partial charge in [0, 0.05) is 5.92 Å². The molecule has 4 heterocycles. The minimum atomic E-state index is -0.398. The first-order valence-electron chi connectivity index (χ1n) is 9.92. The Morgan fingerprint density at radius 3 is 2.74 bits per heavy atom. The molecular formula is C21H20FN5O3S. The van der Waals surface area contributed by atoms with Crippen LogP contribution in [0.25, 0.3) is 16.5 Å². The largest absolute Gasteiger partial charge is 0.492 e. The summed E-state index contributed by atoms with van der Waals surface area (Å²) in [6.07, 6.45) is 2.77. The Morgan fingerprint density at radius 1 is 1.29 bits per heavy atom. The summed E-state index contributed by atoms with van der Waals surface area (Å²) in [5.74, 6) is 0.0186. The van der Waals surface area contributed by atoms with Gasteiger partial charge in [0.2, 0.25) is 22.6 Å². The molecule has 3 aromatic heterocycles. The Hall–Kier alpha value is -3.24. The first-order chi connectivity index (χ1) is 15.0. The topological polar surface area (TPSA) is 110 Å². The van der Waals surface area contributed by atoms with Gasteiger partial charge in [0.1, 0.15) is 5.82 Å². The van der Waals surface area contributed by atoms with Gasteiger partial charge >= 0.3 is 0 Å². The van der Waals surface area contributed by atoms with Crippen molar-refractivity contribution in [1.82, 2.24) is 19.5 Å². The molecule has 0 radical (unpaired) electrons. The maximum Gasteiger partial charge on any atom is 0.230 e. The lowest BCUT2D eigenvalue weighted by Crippen LogP contribution is -2.40. The third-order valence-corrected chi connectivity index (χ3v) is 6.72. The van der Waals surface area contributed by atoms with Crippen LogP contribution in [0.5, 0.6) is 5.88 Å². The van der Waals surface area contributed by atoms with Crippen molar-refractivity contribution in [3.8, 4) is 17.5 Å². The smallest absolute Gasteiger partial charge is 0.230 e. The monoisotopic (exact) mass is 441 g/mol. The van der Waals surface area contributed by atoms with E-state index in [-0.39, 0.29) is 23.5 Å². The van der Waals surface area contributed by atoms with Gasteiger partial charge in [0.25, 0.3) is 0 Å². The molecule has 1 unspecified atom stereocenters. The zero-order valence-corrected chi connectivity index (χ0v) is 17.3. The second kappa shape index (κ2) is 7.78. The predicted octanol–water partition coefficient (Wildman–Crippen LogP) is 3.18. The quantitative estimate of drug-likeness (QED) is 0.492. The average Bonchev–Trinajstić information content (AvgIpc) is 3.48. The summed E-state index contributed by atoms with van der Waals surface area (Å²) in [5, 5.41) is 15.4. The van der Waals surface area contributed by atoms with Crippen LogP contribution in [0.4, 0.5) is 4.39 Å². The van der Waals surface area contributed by atoms with Crippen molar-refractivity contribution < 1.29 is 18.7 Å². The number of thiazole rings is 1. The number of aromatic hydroxyl groups is 1. The Labute approximate surface area is 180 Å². The minimum Gasteiger partial charge on any atom is -0.492 e. The van der Waals surface area contributed by atoms with Gasteiger partial charge in [0.15, 0.2) is 5.76 Å². The molecule has 1 fully saturated rings. The second-order valence-electron chi connectivity index (χ2n) is 7.57. The maximum absolute atomic E-state index is 14.1. The zero-order valence-electron chi connectivity index (χ0n) is 16.4. The zero-order chi connectivity index (χ0) is 21.5. The number of carbonyl (C=O) groups is 1. The summed E-state index contributed by atoms with van der Waals surface area (Å²) in [6.45, 7) is 1.19. The summed E-state index contributed by atoms with van der Waals surface area (Å²) in [5.41, 5.74) is 6.19. The number of nitrogens with zero attached hydrogens (tertiary/aromatic N) is 4. The lowest BCUT2D eigenvalue weighted by Gasteiger charge is -2.36. The maximum atomic E-state index is 14.1. The standard InChI is InChI=1S/C21H20FN5O3S/c22-14-4-1-3-13(11-14)16(26-8-6-12(7-9-26)18(23)28)17-20(29)27-21(31-17)24-19(25-27)15-5-2-10-30-15/h1-5,10-12,16,29H,6-9H2,(H2,23,28). The third kappa shape index (κ3) is 3.57. The molecule has 8 nitrogen and oxygen atoms in total. The van der Waals surface area contributed by atoms with Crippen LogP contribution in [-0.2, 0) is 4.79 Å². The van der Waals surface area contributed by atoms with Crippen molar-refractivity contribution in [2.75, 3.05) is 13.1 Å². The number of likely N-dealkylation sites (tertiary alicyclic amines) is 1. The van der Waals surface area contributed by atoms with Gasteiger partial charge in [-0.15, -0.1) is 5.10 Å². The van der Waals surface area contributed by atoms with Crippen molar-refractivity contribution in [3.63, 3.8) is 0 Å². The molecule has 10 heteroatoms. The number of primary amides is 1. The number of piperidine rings is 1. The fourth-order valence-corrected chi connectivity index (χ4v) is 5.20. The molecule has 31 heavy (non-hydrogen) atoms. The number of nitrogens with two attached hydrogens (primary N) is 1. The van der Waals surface area contributed by atoms with Crippen molar-refractivity contribution in [2.45, 2.75) is 18.9 Å². The summed E-state index contributed by atoms with van der Waals surface area (Å²) >= 11 is 1.29. The highest BCUT2D eigenvalue weighted by Gasteiger charge is 2.33. The van der Waals surface area contributed by atoms with Gasteiger partial charge in [-0.05, 0) is 55.8 Å². The highest BCUT2D eigenvalue weighted by Crippen LogP contribution is 2.41. The number of rotatable bonds is 5. The number of fused-ring (bicyclic) bond motifs is 1. The minimum absolute atomic E-state index is 0.0448. The molecule has 1 atom stereocenters. The number of furan rings is 1. The van der Waals surface area contributed by atoms with Crippen LogP contribution in [0.2, 0.25) is 0 Å². The van der Waals surface area contributed by atoms with Gasteiger partial charge in [-0.2, -0.15) is 9.50 Å². The Kier molecular flexibility index (Phi) is 4.95. The Balaban J connectivity index is 1.55. The molecule has 160 valence electrons. The van der Waals surface area contributed by atoms with Crippen LogP contribution in [0, 0.1) is 11.7 Å². The fraction of sp³-hybridized carbons (Fsp3) is 0.286. The van der Waals surface area contributed by atoms with Crippen LogP contribution in [0.1, 0.15) is 29.3 Å². The van der Waals surface area contributed by atoms with Crippen LogP contribution < -0.4 is 5.73 Å². The molecule has 1 aliphatic heterocycles. The number of hydrogen-bond acceptors (Lipinski definition) is 7. The lowest BCUT2D eigenvalue weighted by molar-refractivity contribution is -0.123. The number of carbonyl (C=O) groups excluding carboxylic acids is 1. The lowest BCUT2D eigenvalue weighted by atomic mass is 9.93. The van der Waals surface area contributed by atoms with E-state index >= 15 is 0 Å². The van der Waals surface area contributed by atoms with Crippen LogP contribution in [-0.4, -0.2) is 43.6 Å². The molecule has 4 aromatic rings. The molecular weight excluding hydrogens is 421 g/mol. The van der Waals surface area contributed by atoms with E-state index in [0.717, 1.165) is 0 Å². The van der Waals surface area contributed by atoms with E-state index in [9.17, 15) is 14.3 Å². The van der Waals surface area contributed by atoms with Gasteiger partial charge in [-0.3, -0.25) is 9.69 Å². The summed E-state index contributed by atoms with van der Waals surface area (Å²) in [4.78, 5) is 19.3. The van der Waals surface area contributed by atoms with E-state index in [1.165, 1.54) is 34.2 Å². The number of benzene rings is 1.